The molecule has 0 saturated carbocycles. The van der Waals surface area contributed by atoms with Gasteiger partial charge in [0.25, 0.3) is 0 Å². The largest absolute Gasteiger partial charge is 0.210 e. The molecule has 0 radical (unpaired) electrons. The molecule has 0 aliphatic heterocycles. The number of benzene rings is 1. The Labute approximate surface area is 177 Å². The first-order valence-corrected chi connectivity index (χ1v) is 14.5. The molecule has 2 aliphatic rings. The van der Waals surface area contributed by atoms with Crippen molar-refractivity contribution in [3.05, 3.63) is 94.5 Å². The molecular weight excluding hydrogens is 376 g/mol. The first kappa shape index (κ1) is 20.6. The molecule has 138 valence electrons. The molecular formula is C25H30SiTi. The van der Waals surface area contributed by atoms with Crippen LogP contribution in [-0.2, 0) is 50.9 Å². The van der Waals surface area contributed by atoms with Gasteiger partial charge in [0.05, 0.1) is 0 Å². The molecule has 2 aliphatic carbocycles. The normalized spacial score (nSPS) is 14.6. The molecule has 0 unspecified atom stereocenters. The van der Waals surface area contributed by atoms with E-state index in [1.165, 1.54) is 63.0 Å². The van der Waals surface area contributed by atoms with E-state index in [1.54, 1.807) is 22.3 Å². The number of rotatable bonds is 2. The third-order valence-corrected chi connectivity index (χ3v) is 7.11. The van der Waals surface area contributed by atoms with Crippen LogP contribution in [-0.4, -0.2) is 6.91 Å². The number of hydrogen-bond donors (Lipinski definition) is 0. The van der Waals surface area contributed by atoms with Gasteiger partial charge in [-0.1, -0.05) is 51.4 Å². The fraction of sp³-hybridized carbons (Fsp3) is 0.360. The zero-order valence-electron chi connectivity index (χ0n) is 16.3. The predicted molar refractivity (Wildman–Crippen MR) is 115 cm³/mol. The van der Waals surface area contributed by atoms with Gasteiger partial charge in [-0.05, 0) is 0 Å². The van der Waals surface area contributed by atoms with Crippen molar-refractivity contribution in [2.45, 2.75) is 57.4 Å². The Morgan fingerprint density at radius 3 is 1.70 bits per heavy atom. The molecule has 0 amide bonds. The molecule has 3 aromatic rings. The van der Waals surface area contributed by atoms with Gasteiger partial charge in [-0.25, -0.2) is 12.1 Å². The van der Waals surface area contributed by atoms with Crippen LogP contribution in [0.4, 0.5) is 0 Å². The van der Waals surface area contributed by atoms with Crippen LogP contribution >= 0.6 is 0 Å². The molecule has 0 N–H and O–H groups in total. The Morgan fingerprint density at radius 1 is 0.704 bits per heavy atom. The minimum absolute atomic E-state index is 0.625. The number of hydrogen-bond acceptors (Lipinski definition) is 0. The second-order valence-corrected chi connectivity index (χ2v) is 10.2. The summed E-state index contributed by atoms with van der Waals surface area (Å²) >= 11 is 2.28. The molecule has 0 bridgehead atoms. The fourth-order valence-electron chi connectivity index (χ4n) is 3.96. The Bertz CT molecular complexity index is 709. The van der Waals surface area contributed by atoms with E-state index in [9.17, 15) is 0 Å². The monoisotopic (exact) mass is 406 g/mol. The summed E-state index contributed by atoms with van der Waals surface area (Å²) in [6, 6.07) is 25.3. The van der Waals surface area contributed by atoms with Crippen molar-refractivity contribution in [2.75, 3.05) is 0 Å². The van der Waals surface area contributed by atoms with Gasteiger partial charge in [0.2, 0.25) is 0 Å². The van der Waals surface area contributed by atoms with Crippen molar-refractivity contribution < 1.29 is 19.2 Å². The molecule has 0 saturated heterocycles. The second-order valence-electron chi connectivity index (χ2n) is 7.46. The SMILES string of the molecule is [Ti+2]=[SiH]Cc1ccccc1.c1cc2c([cH-]1)CCCC2.c1cc2c([cH-]1)CCCC2. The predicted octanol–water partition coefficient (Wildman–Crippen LogP) is 5.65. The van der Waals surface area contributed by atoms with Crippen LogP contribution in [0.5, 0.6) is 0 Å². The minimum Gasteiger partial charge on any atom is -0.210 e. The molecule has 0 nitrogen and oxygen atoms in total. The quantitative estimate of drug-likeness (QED) is 0.381. The topological polar surface area (TPSA) is 0 Å². The molecule has 2 heteroatoms. The molecule has 5 rings (SSSR count). The van der Waals surface area contributed by atoms with Crippen molar-refractivity contribution >= 4 is 6.91 Å². The van der Waals surface area contributed by atoms with Gasteiger partial charge in [-0.2, -0.15) is 46.5 Å². The molecule has 27 heavy (non-hydrogen) atoms. The summed E-state index contributed by atoms with van der Waals surface area (Å²) in [4.78, 5) is 0. The van der Waals surface area contributed by atoms with Gasteiger partial charge in [0.15, 0.2) is 0 Å². The van der Waals surface area contributed by atoms with Gasteiger partial charge in [0.1, 0.15) is 0 Å². The van der Waals surface area contributed by atoms with Crippen LogP contribution in [0.3, 0.4) is 0 Å². The van der Waals surface area contributed by atoms with Crippen molar-refractivity contribution in [1.82, 2.24) is 0 Å². The summed E-state index contributed by atoms with van der Waals surface area (Å²) in [5, 5.41) is 0. The van der Waals surface area contributed by atoms with Crippen LogP contribution in [0.25, 0.3) is 0 Å². The first-order valence-electron chi connectivity index (χ1n) is 10.4. The zero-order chi connectivity index (χ0) is 18.7. The van der Waals surface area contributed by atoms with E-state index in [4.69, 9.17) is 0 Å². The van der Waals surface area contributed by atoms with Gasteiger partial charge >= 0.3 is 68.0 Å². The number of fused-ring (bicyclic) bond motifs is 2. The standard InChI is InChI=1S/2C9H11.C7H8Si.Ti/c2*1-2-5-9-7-3-6-8(9)4-1;8-6-7-4-2-1-3-5-7;/h2*3,6-7H,1-2,4-5H2;1-5,8H,6H2;/q2*-1;;+2. The summed E-state index contributed by atoms with van der Waals surface area (Å²) < 4.78 is 0. The summed E-state index contributed by atoms with van der Waals surface area (Å²) in [5.41, 5.74) is 7.88. The fourth-order valence-corrected chi connectivity index (χ4v) is 5.57. The van der Waals surface area contributed by atoms with E-state index in [0.29, 0.717) is 6.91 Å². The first-order chi connectivity index (χ1) is 13.4. The van der Waals surface area contributed by atoms with Gasteiger partial charge in [-0.3, -0.25) is 0 Å². The maximum absolute atomic E-state index is 2.28. The Balaban J connectivity index is 0.000000117. The van der Waals surface area contributed by atoms with Gasteiger partial charge < -0.3 is 0 Å². The van der Waals surface area contributed by atoms with E-state index < -0.39 is 0 Å². The van der Waals surface area contributed by atoms with Gasteiger partial charge in [0, 0.05) is 0 Å². The molecule has 3 aromatic carbocycles. The van der Waals surface area contributed by atoms with Gasteiger partial charge in [-0.15, -0.1) is 0 Å². The van der Waals surface area contributed by atoms with Crippen LogP contribution in [0.15, 0.2) is 66.7 Å². The van der Waals surface area contributed by atoms with E-state index in [0.717, 1.165) is 0 Å². The zero-order valence-corrected chi connectivity index (χ0v) is 19.0. The average Bonchev–Trinajstić information content (AvgIpc) is 3.39. The third kappa shape index (κ3) is 6.75. The summed E-state index contributed by atoms with van der Waals surface area (Å²) in [7, 11) is 0. The third-order valence-electron chi connectivity index (χ3n) is 5.48. The van der Waals surface area contributed by atoms with E-state index in [1.807, 2.05) is 0 Å². The smallest absolute Gasteiger partial charge is 0.0512 e. The minimum atomic E-state index is 0.625. The van der Waals surface area contributed by atoms with Crippen molar-refractivity contribution in [1.29, 1.82) is 0 Å². The maximum atomic E-state index is 2.28. The van der Waals surface area contributed by atoms with Crippen molar-refractivity contribution in [2.24, 2.45) is 0 Å². The summed E-state index contributed by atoms with van der Waals surface area (Å²) in [6.07, 6.45) is 10.9. The number of aryl methyl sites for hydroxylation is 4. The molecule has 0 spiro atoms. The summed E-state index contributed by atoms with van der Waals surface area (Å²) in [6.45, 7) is 0.625. The second kappa shape index (κ2) is 11.6. The average molecular weight is 406 g/mol. The molecule has 0 heterocycles. The van der Waals surface area contributed by atoms with Crippen LogP contribution in [0.2, 0.25) is 0 Å². The Kier molecular flexibility index (Phi) is 8.87. The van der Waals surface area contributed by atoms with E-state index >= 15 is 0 Å². The van der Waals surface area contributed by atoms with Crippen LogP contribution < -0.4 is 0 Å². The molecule has 0 atom stereocenters. The van der Waals surface area contributed by atoms with E-state index in [2.05, 4.69) is 85.9 Å². The molecule has 0 aromatic heterocycles. The Hall–Kier alpha value is -1.15. The van der Waals surface area contributed by atoms with Crippen LogP contribution in [0.1, 0.15) is 53.5 Å². The van der Waals surface area contributed by atoms with Crippen LogP contribution in [0, 0.1) is 0 Å². The maximum Gasteiger partial charge on any atom is -0.0512 e. The summed E-state index contributed by atoms with van der Waals surface area (Å²) in [5.74, 6) is 0. The van der Waals surface area contributed by atoms with Crippen molar-refractivity contribution in [3.63, 3.8) is 0 Å². The van der Waals surface area contributed by atoms with E-state index in [-0.39, 0.29) is 0 Å². The Morgan fingerprint density at radius 2 is 1.22 bits per heavy atom. The van der Waals surface area contributed by atoms with Crippen molar-refractivity contribution in [3.8, 4) is 0 Å². The molecule has 0 fully saturated rings.